The van der Waals surface area contributed by atoms with Gasteiger partial charge in [0.15, 0.2) is 6.10 Å². The molecule has 0 unspecified atom stereocenters. The molecule has 0 spiro atoms. The van der Waals surface area contributed by atoms with E-state index in [2.05, 4.69) is 0 Å². The zero-order valence-electron chi connectivity index (χ0n) is 17.2. The average Bonchev–Trinajstić information content (AvgIpc) is 3.36. The molecule has 0 saturated carbocycles. The lowest BCUT2D eigenvalue weighted by molar-refractivity contribution is -0.126. The van der Waals surface area contributed by atoms with Crippen LogP contribution in [0.5, 0.6) is 0 Å². The summed E-state index contributed by atoms with van der Waals surface area (Å²) in [4.78, 5) is 34.6. The highest BCUT2D eigenvalue weighted by Gasteiger charge is 2.60. The minimum atomic E-state index is -0.862. The first-order valence-electron chi connectivity index (χ1n) is 10.6. The Morgan fingerprint density at radius 2 is 1.28 bits per heavy atom. The van der Waals surface area contributed by atoms with Crippen LogP contribution in [0.2, 0.25) is 0 Å². The van der Waals surface area contributed by atoms with Gasteiger partial charge in [0, 0.05) is 0 Å². The number of hydrogen-bond acceptors (Lipinski definition) is 4. The van der Waals surface area contributed by atoms with Crippen LogP contribution < -0.4 is 9.96 Å². The quantitative estimate of drug-likeness (QED) is 0.443. The number of rotatable bonds is 3. The summed E-state index contributed by atoms with van der Waals surface area (Å²) in [7, 11) is 0. The molecule has 0 radical (unpaired) electrons. The fourth-order valence-electron chi connectivity index (χ4n) is 4.77. The van der Waals surface area contributed by atoms with Crippen molar-refractivity contribution in [2.45, 2.75) is 12.1 Å². The molecular weight excluding hydrogens is 400 g/mol. The fourth-order valence-corrected chi connectivity index (χ4v) is 4.77. The maximum Gasteiger partial charge on any atom is 0.266 e. The number of hydrogen-bond donors (Lipinski definition) is 0. The molecule has 156 valence electrons. The molecule has 2 aliphatic rings. The largest absolute Gasteiger partial charge is 0.273 e. The molecule has 2 heterocycles. The molecule has 3 atom stereocenters. The highest BCUT2D eigenvalue weighted by Crippen LogP contribution is 2.47. The molecule has 2 amide bonds. The van der Waals surface area contributed by atoms with Crippen LogP contribution in [0.3, 0.4) is 0 Å². The van der Waals surface area contributed by atoms with E-state index in [9.17, 15) is 9.59 Å². The molecule has 4 aromatic carbocycles. The number of nitrogens with zero attached hydrogens (tertiary/aromatic N) is 2. The number of fused-ring (bicyclic) bond motifs is 2. The zero-order valence-corrected chi connectivity index (χ0v) is 17.2. The average molecular weight is 420 g/mol. The number of carbonyl (C=O) groups excluding carboxylic acids is 2. The number of hydroxylamine groups is 1. The molecule has 32 heavy (non-hydrogen) atoms. The van der Waals surface area contributed by atoms with Gasteiger partial charge in [0.25, 0.3) is 5.91 Å². The Balaban J connectivity index is 1.43. The summed E-state index contributed by atoms with van der Waals surface area (Å²) in [5.74, 6) is -1.19. The first-order chi connectivity index (χ1) is 15.7. The van der Waals surface area contributed by atoms with Gasteiger partial charge in [0.05, 0.1) is 17.4 Å². The number of anilines is 2. The summed E-state index contributed by atoms with van der Waals surface area (Å²) >= 11 is 0. The minimum absolute atomic E-state index is 0.234. The number of benzene rings is 4. The Bertz CT molecular complexity index is 1320. The Hall–Kier alpha value is -3.96. The number of carbonyl (C=O) groups is 2. The van der Waals surface area contributed by atoms with Gasteiger partial charge >= 0.3 is 0 Å². The molecule has 5 nitrogen and oxygen atoms in total. The fraction of sp³-hybridized carbons (Fsp3) is 0.111. The summed E-state index contributed by atoms with van der Waals surface area (Å²) in [6, 6.07) is 32.5. The second kappa shape index (κ2) is 7.32. The highest BCUT2D eigenvalue weighted by molar-refractivity contribution is 6.24. The summed E-state index contributed by atoms with van der Waals surface area (Å²) in [6.07, 6.45) is -0.862. The number of imide groups is 1. The van der Waals surface area contributed by atoms with E-state index in [1.807, 2.05) is 103 Å². The third-order valence-corrected chi connectivity index (χ3v) is 6.26. The van der Waals surface area contributed by atoms with Crippen molar-refractivity contribution in [1.82, 2.24) is 0 Å². The van der Waals surface area contributed by atoms with Crippen LogP contribution in [0.4, 0.5) is 11.4 Å². The topological polar surface area (TPSA) is 49.9 Å². The highest BCUT2D eigenvalue weighted by atomic mass is 16.7. The van der Waals surface area contributed by atoms with Gasteiger partial charge in [0.1, 0.15) is 5.92 Å². The van der Waals surface area contributed by atoms with E-state index in [0.717, 1.165) is 22.0 Å². The van der Waals surface area contributed by atoms with Crippen molar-refractivity contribution in [3.63, 3.8) is 0 Å². The van der Waals surface area contributed by atoms with E-state index in [1.54, 1.807) is 5.06 Å². The molecule has 0 bridgehead atoms. The molecule has 6 rings (SSSR count). The monoisotopic (exact) mass is 420 g/mol. The summed E-state index contributed by atoms with van der Waals surface area (Å²) in [6.45, 7) is 0. The second-order valence-electron chi connectivity index (χ2n) is 8.11. The molecule has 0 aromatic heterocycles. The van der Waals surface area contributed by atoms with Gasteiger partial charge < -0.3 is 0 Å². The lowest BCUT2D eigenvalue weighted by atomic mass is 9.90. The lowest BCUT2D eigenvalue weighted by Gasteiger charge is -2.28. The summed E-state index contributed by atoms with van der Waals surface area (Å²) in [5, 5.41) is 3.76. The molecule has 0 aliphatic carbocycles. The number of para-hydroxylation sites is 1. The van der Waals surface area contributed by atoms with Crippen molar-refractivity contribution in [3.05, 3.63) is 109 Å². The van der Waals surface area contributed by atoms with Crippen molar-refractivity contribution in [2.24, 2.45) is 5.92 Å². The molecular formula is C27H20N2O3. The lowest BCUT2D eigenvalue weighted by Crippen LogP contribution is -2.37. The normalized spacial score (nSPS) is 22.6. The van der Waals surface area contributed by atoms with Gasteiger partial charge in [-0.3, -0.25) is 14.4 Å². The van der Waals surface area contributed by atoms with E-state index in [-0.39, 0.29) is 11.8 Å². The van der Waals surface area contributed by atoms with E-state index in [4.69, 9.17) is 4.84 Å². The van der Waals surface area contributed by atoms with Gasteiger partial charge in [-0.25, -0.2) is 9.96 Å². The van der Waals surface area contributed by atoms with Crippen LogP contribution in [-0.2, 0) is 14.4 Å². The predicted octanol–water partition coefficient (Wildman–Crippen LogP) is 4.89. The third kappa shape index (κ3) is 2.82. The van der Waals surface area contributed by atoms with E-state index in [0.29, 0.717) is 5.69 Å². The van der Waals surface area contributed by atoms with Gasteiger partial charge in [-0.05, 0) is 40.6 Å². The predicted molar refractivity (Wildman–Crippen MR) is 123 cm³/mol. The zero-order chi connectivity index (χ0) is 21.7. The first-order valence-corrected chi connectivity index (χ1v) is 10.6. The molecule has 5 heteroatoms. The molecule has 4 aromatic rings. The van der Waals surface area contributed by atoms with Crippen molar-refractivity contribution >= 4 is 34.0 Å². The van der Waals surface area contributed by atoms with Gasteiger partial charge in [0.2, 0.25) is 5.91 Å². The molecule has 2 aliphatic heterocycles. The van der Waals surface area contributed by atoms with Crippen molar-refractivity contribution in [2.75, 3.05) is 9.96 Å². The van der Waals surface area contributed by atoms with Crippen LogP contribution in [0.15, 0.2) is 103 Å². The Morgan fingerprint density at radius 3 is 2.03 bits per heavy atom. The Morgan fingerprint density at radius 1 is 0.625 bits per heavy atom. The standard InChI is InChI=1S/C27H20N2O3/c30-26-23-24(19-10-3-1-4-11-19)29(21-13-5-2-6-14-21)32-25(23)27(31)28(26)22-16-15-18-9-7-8-12-20(18)17-22/h1-17,23-25H/t23-,24+,25-/m0/s1. The van der Waals surface area contributed by atoms with E-state index >= 15 is 0 Å². The van der Waals surface area contributed by atoms with Crippen LogP contribution in [0, 0.1) is 5.92 Å². The molecule has 2 saturated heterocycles. The minimum Gasteiger partial charge on any atom is -0.273 e. The molecule has 0 N–H and O–H groups in total. The molecule has 2 fully saturated rings. The third-order valence-electron chi connectivity index (χ3n) is 6.26. The van der Waals surface area contributed by atoms with Crippen LogP contribution >= 0.6 is 0 Å². The van der Waals surface area contributed by atoms with E-state index in [1.165, 1.54) is 4.90 Å². The maximum absolute atomic E-state index is 13.7. The number of amides is 2. The second-order valence-corrected chi connectivity index (χ2v) is 8.11. The van der Waals surface area contributed by atoms with Crippen molar-refractivity contribution < 1.29 is 14.4 Å². The van der Waals surface area contributed by atoms with Gasteiger partial charge in [-0.2, -0.15) is 0 Å². The maximum atomic E-state index is 13.7. The van der Waals surface area contributed by atoms with E-state index < -0.39 is 18.1 Å². The summed E-state index contributed by atoms with van der Waals surface area (Å²) < 4.78 is 0. The van der Waals surface area contributed by atoms with Gasteiger partial charge in [-0.15, -0.1) is 0 Å². The summed E-state index contributed by atoms with van der Waals surface area (Å²) in [5.41, 5.74) is 2.33. The first kappa shape index (κ1) is 18.8. The Kier molecular flexibility index (Phi) is 4.30. The van der Waals surface area contributed by atoms with Gasteiger partial charge in [-0.1, -0.05) is 78.9 Å². The van der Waals surface area contributed by atoms with Crippen LogP contribution in [-0.4, -0.2) is 17.9 Å². The van der Waals surface area contributed by atoms with Crippen LogP contribution in [0.25, 0.3) is 10.8 Å². The Labute approximate surface area is 185 Å². The SMILES string of the molecule is O=C1[C@@H]2[C@H](ON(c3ccccc3)[C@@H]2c2ccccc2)C(=O)N1c1ccc2ccccc2c1. The van der Waals surface area contributed by atoms with Crippen molar-refractivity contribution in [1.29, 1.82) is 0 Å². The van der Waals surface area contributed by atoms with Crippen molar-refractivity contribution in [3.8, 4) is 0 Å². The van der Waals surface area contributed by atoms with Crippen LogP contribution in [0.1, 0.15) is 11.6 Å². The smallest absolute Gasteiger partial charge is 0.266 e.